The van der Waals surface area contributed by atoms with E-state index in [9.17, 15) is 0 Å². The number of nitrogens with zero attached hydrogens (tertiary/aromatic N) is 6. The molecular weight excluding hydrogens is 356 g/mol. The fourth-order valence-electron chi connectivity index (χ4n) is 3.54. The van der Waals surface area contributed by atoms with E-state index in [2.05, 4.69) is 39.7 Å². The minimum absolute atomic E-state index is 0.845. The van der Waals surface area contributed by atoms with E-state index >= 15 is 0 Å². The number of fused-ring (bicyclic) bond motifs is 1. The Morgan fingerprint density at radius 3 is 2.15 bits per heavy atom. The highest BCUT2D eigenvalue weighted by molar-refractivity contribution is 7.18. The van der Waals surface area contributed by atoms with E-state index < -0.39 is 0 Å². The van der Waals surface area contributed by atoms with Gasteiger partial charge in [0.15, 0.2) is 0 Å². The van der Waals surface area contributed by atoms with Gasteiger partial charge in [-0.3, -0.25) is 0 Å². The van der Waals surface area contributed by atoms with Crippen molar-refractivity contribution in [2.45, 2.75) is 40.5 Å². The van der Waals surface area contributed by atoms with Crippen molar-refractivity contribution >= 4 is 33.3 Å². The molecule has 142 valence electrons. The van der Waals surface area contributed by atoms with Gasteiger partial charge >= 0.3 is 0 Å². The molecule has 0 aliphatic carbocycles. The highest BCUT2D eigenvalue weighted by atomic mass is 32.1. The van der Waals surface area contributed by atoms with Gasteiger partial charge in [-0.25, -0.2) is 19.9 Å². The lowest BCUT2D eigenvalue weighted by Gasteiger charge is -2.35. The van der Waals surface area contributed by atoms with E-state index in [1.807, 2.05) is 19.9 Å². The third kappa shape index (κ3) is 3.60. The standard InChI is InChI=1S/C20H26N6S/c1-5-15-12-16-18(23-17(6-2)24-19(16)27-15)25-7-9-26(10-8-25)20-21-13(3)11-14(4)22-20/h11-12H,5-10H2,1-4H3. The van der Waals surface area contributed by atoms with Gasteiger partial charge < -0.3 is 9.80 Å². The molecule has 3 aromatic heterocycles. The zero-order chi connectivity index (χ0) is 19.0. The Labute approximate surface area is 164 Å². The normalized spacial score (nSPS) is 15.0. The SMILES string of the molecule is CCc1nc(N2CCN(c3nc(C)cc(C)n3)CC2)c2cc(CC)sc2n1. The molecule has 0 radical (unpaired) electrons. The van der Waals surface area contributed by atoms with E-state index in [-0.39, 0.29) is 0 Å². The van der Waals surface area contributed by atoms with Crippen LogP contribution in [0.1, 0.15) is 35.9 Å². The lowest BCUT2D eigenvalue weighted by Crippen LogP contribution is -2.47. The van der Waals surface area contributed by atoms with E-state index in [4.69, 9.17) is 9.97 Å². The maximum absolute atomic E-state index is 4.89. The van der Waals surface area contributed by atoms with Gasteiger partial charge in [0.05, 0.1) is 5.39 Å². The van der Waals surface area contributed by atoms with Gasteiger partial charge in [0.1, 0.15) is 16.5 Å². The number of hydrogen-bond donors (Lipinski definition) is 0. The summed E-state index contributed by atoms with van der Waals surface area (Å²) in [4.78, 5) is 26.0. The number of anilines is 2. The lowest BCUT2D eigenvalue weighted by atomic mass is 10.2. The van der Waals surface area contributed by atoms with Crippen LogP contribution in [0.4, 0.5) is 11.8 Å². The number of aryl methyl sites for hydroxylation is 4. The van der Waals surface area contributed by atoms with Crippen LogP contribution < -0.4 is 9.80 Å². The Bertz CT molecular complexity index is 938. The van der Waals surface area contributed by atoms with Gasteiger partial charge in [-0.05, 0) is 32.4 Å². The van der Waals surface area contributed by atoms with Crippen LogP contribution in [0.2, 0.25) is 0 Å². The second-order valence-corrected chi connectivity index (χ2v) is 8.14. The summed E-state index contributed by atoms with van der Waals surface area (Å²) in [5, 5.41) is 1.20. The maximum atomic E-state index is 4.89. The zero-order valence-corrected chi connectivity index (χ0v) is 17.3. The summed E-state index contributed by atoms with van der Waals surface area (Å²) in [6, 6.07) is 4.29. The summed E-state index contributed by atoms with van der Waals surface area (Å²) < 4.78 is 0. The molecule has 1 saturated heterocycles. The molecule has 0 saturated carbocycles. The van der Waals surface area contributed by atoms with Crippen molar-refractivity contribution in [1.29, 1.82) is 0 Å². The minimum Gasteiger partial charge on any atom is -0.352 e. The third-order valence-corrected chi connectivity index (χ3v) is 6.14. The number of piperazine rings is 1. The first-order valence-electron chi connectivity index (χ1n) is 9.69. The van der Waals surface area contributed by atoms with Gasteiger partial charge in [-0.1, -0.05) is 13.8 Å². The van der Waals surface area contributed by atoms with Crippen molar-refractivity contribution in [3.63, 3.8) is 0 Å². The van der Waals surface area contributed by atoms with Crippen LogP contribution in [0.15, 0.2) is 12.1 Å². The van der Waals surface area contributed by atoms with Gasteiger partial charge in [-0.15, -0.1) is 11.3 Å². The molecule has 0 bridgehead atoms. The van der Waals surface area contributed by atoms with E-state index in [0.29, 0.717) is 0 Å². The summed E-state index contributed by atoms with van der Waals surface area (Å²) in [5.74, 6) is 2.87. The minimum atomic E-state index is 0.845. The molecule has 0 N–H and O–H groups in total. The number of aromatic nitrogens is 4. The molecule has 3 aromatic rings. The van der Waals surface area contributed by atoms with Crippen molar-refractivity contribution in [3.8, 4) is 0 Å². The molecule has 4 heterocycles. The van der Waals surface area contributed by atoms with Crippen molar-refractivity contribution in [2.24, 2.45) is 0 Å². The first-order chi connectivity index (χ1) is 13.1. The number of hydrogen-bond acceptors (Lipinski definition) is 7. The van der Waals surface area contributed by atoms with E-state index in [1.54, 1.807) is 11.3 Å². The summed E-state index contributed by atoms with van der Waals surface area (Å²) >= 11 is 1.80. The Hall–Kier alpha value is -2.28. The summed E-state index contributed by atoms with van der Waals surface area (Å²) in [7, 11) is 0. The molecule has 0 amide bonds. The molecular formula is C20H26N6S. The van der Waals surface area contributed by atoms with E-state index in [1.165, 1.54) is 10.3 Å². The van der Waals surface area contributed by atoms with Crippen LogP contribution in [0.5, 0.6) is 0 Å². The molecule has 27 heavy (non-hydrogen) atoms. The molecule has 1 fully saturated rings. The smallest absolute Gasteiger partial charge is 0.225 e. The maximum Gasteiger partial charge on any atom is 0.225 e. The topological polar surface area (TPSA) is 58.0 Å². The van der Waals surface area contributed by atoms with Gasteiger partial charge in [0.2, 0.25) is 5.95 Å². The van der Waals surface area contributed by atoms with Crippen LogP contribution in [0, 0.1) is 13.8 Å². The molecule has 7 heteroatoms. The van der Waals surface area contributed by atoms with Crippen molar-refractivity contribution in [3.05, 3.63) is 34.2 Å². The number of thiophene rings is 1. The van der Waals surface area contributed by atoms with Gasteiger partial charge in [-0.2, -0.15) is 0 Å². The molecule has 0 atom stereocenters. The molecule has 0 spiro atoms. The van der Waals surface area contributed by atoms with Crippen LogP contribution in [0.25, 0.3) is 10.2 Å². The summed E-state index contributed by atoms with van der Waals surface area (Å²) in [5.41, 5.74) is 2.05. The van der Waals surface area contributed by atoms with Gasteiger partial charge in [0, 0.05) is 48.9 Å². The van der Waals surface area contributed by atoms with Gasteiger partial charge in [0.25, 0.3) is 0 Å². The second kappa shape index (κ2) is 7.38. The highest BCUT2D eigenvalue weighted by Crippen LogP contribution is 2.32. The predicted octanol–water partition coefficient (Wildman–Crippen LogP) is 3.55. The monoisotopic (exact) mass is 382 g/mol. The van der Waals surface area contributed by atoms with Crippen LogP contribution in [0.3, 0.4) is 0 Å². The summed E-state index contributed by atoms with van der Waals surface area (Å²) in [6.45, 7) is 12.0. The molecule has 0 aromatic carbocycles. The molecule has 6 nitrogen and oxygen atoms in total. The van der Waals surface area contributed by atoms with Crippen molar-refractivity contribution in [1.82, 2.24) is 19.9 Å². The molecule has 4 rings (SSSR count). The Morgan fingerprint density at radius 1 is 0.852 bits per heavy atom. The highest BCUT2D eigenvalue weighted by Gasteiger charge is 2.23. The first-order valence-corrected chi connectivity index (χ1v) is 10.5. The fraction of sp³-hybridized carbons (Fsp3) is 0.500. The van der Waals surface area contributed by atoms with Crippen LogP contribution in [-0.2, 0) is 12.8 Å². The van der Waals surface area contributed by atoms with Crippen LogP contribution in [-0.4, -0.2) is 46.1 Å². The van der Waals surface area contributed by atoms with Crippen molar-refractivity contribution in [2.75, 3.05) is 36.0 Å². The van der Waals surface area contributed by atoms with Crippen LogP contribution >= 0.6 is 11.3 Å². The second-order valence-electron chi connectivity index (χ2n) is 7.03. The first kappa shape index (κ1) is 18.1. The Balaban J connectivity index is 1.59. The number of rotatable bonds is 4. The largest absolute Gasteiger partial charge is 0.352 e. The molecule has 0 unspecified atom stereocenters. The van der Waals surface area contributed by atoms with Crippen molar-refractivity contribution < 1.29 is 0 Å². The fourth-order valence-corrected chi connectivity index (χ4v) is 4.52. The molecule has 1 aliphatic rings. The quantitative estimate of drug-likeness (QED) is 0.688. The Morgan fingerprint density at radius 2 is 1.52 bits per heavy atom. The Kier molecular flexibility index (Phi) is 4.95. The third-order valence-electron chi connectivity index (χ3n) is 4.97. The molecule has 1 aliphatic heterocycles. The zero-order valence-electron chi connectivity index (χ0n) is 16.5. The average Bonchev–Trinajstić information content (AvgIpc) is 3.09. The lowest BCUT2D eigenvalue weighted by molar-refractivity contribution is 0.633. The summed E-state index contributed by atoms with van der Waals surface area (Å²) in [6.07, 6.45) is 1.90. The predicted molar refractivity (Wildman–Crippen MR) is 112 cm³/mol. The van der Waals surface area contributed by atoms with E-state index in [0.717, 1.165) is 72.8 Å². The average molecular weight is 383 g/mol.